The molecule has 0 bridgehead atoms. The molecule has 4 rings (SSSR count). The molecule has 8 heteroatoms. The van der Waals surface area contributed by atoms with Gasteiger partial charge in [0.1, 0.15) is 11.6 Å². The summed E-state index contributed by atoms with van der Waals surface area (Å²) in [6.45, 7) is 0. The van der Waals surface area contributed by atoms with Gasteiger partial charge in [-0.1, -0.05) is 29.3 Å². The molecule has 0 atom stereocenters. The highest BCUT2D eigenvalue weighted by molar-refractivity contribution is 7.19. The maximum absolute atomic E-state index is 14.2. The van der Waals surface area contributed by atoms with E-state index in [0.717, 1.165) is 10.4 Å². The number of aromatic hydroxyl groups is 1. The molecule has 0 amide bonds. The summed E-state index contributed by atoms with van der Waals surface area (Å²) in [6, 6.07) is 13.1. The van der Waals surface area contributed by atoms with Crippen LogP contribution in [-0.2, 0) is 7.05 Å². The normalized spacial score (nSPS) is 11.1. The number of aryl methyl sites for hydroxylation is 1. The van der Waals surface area contributed by atoms with Crippen LogP contribution in [0.3, 0.4) is 0 Å². The molecule has 4 aromatic rings. The van der Waals surface area contributed by atoms with Gasteiger partial charge in [0.2, 0.25) is 0 Å². The van der Waals surface area contributed by atoms with E-state index in [1.165, 1.54) is 23.5 Å². The molecule has 0 saturated heterocycles. The van der Waals surface area contributed by atoms with Crippen LogP contribution in [0.5, 0.6) is 5.75 Å². The lowest BCUT2D eigenvalue weighted by molar-refractivity contribution is 0.475. The van der Waals surface area contributed by atoms with Crippen LogP contribution in [0.25, 0.3) is 32.5 Å². The zero-order valence-electron chi connectivity index (χ0n) is 13.9. The molecular formula is C19H12Cl2FN3OS. The molecule has 0 aliphatic heterocycles. The number of thiophene rings is 1. The zero-order chi connectivity index (χ0) is 19.1. The van der Waals surface area contributed by atoms with Crippen molar-refractivity contribution in [3.8, 4) is 38.3 Å². The van der Waals surface area contributed by atoms with Crippen LogP contribution in [0, 0.1) is 5.82 Å². The molecule has 2 aromatic heterocycles. The highest BCUT2D eigenvalue weighted by Crippen LogP contribution is 2.41. The lowest BCUT2D eigenvalue weighted by atomic mass is 10.2. The molecule has 1 N–H and O–H groups in total. The second-order valence-electron chi connectivity index (χ2n) is 5.81. The van der Waals surface area contributed by atoms with E-state index in [1.807, 2.05) is 18.2 Å². The highest BCUT2D eigenvalue weighted by atomic mass is 35.5. The number of phenols is 1. The van der Waals surface area contributed by atoms with E-state index < -0.39 is 5.82 Å². The largest absolute Gasteiger partial charge is 0.508 e. The summed E-state index contributed by atoms with van der Waals surface area (Å²) in [5.74, 6) is 0.429. The molecule has 0 aliphatic carbocycles. The van der Waals surface area contributed by atoms with Gasteiger partial charge in [0.15, 0.2) is 11.6 Å². The SMILES string of the molecule is Cn1nc(-c2c(F)cccc2Cl)nc1-c1sc(-c2ccc(O)cc2)cc1Cl. The topological polar surface area (TPSA) is 50.9 Å². The predicted molar refractivity (Wildman–Crippen MR) is 107 cm³/mol. The van der Waals surface area contributed by atoms with Crippen molar-refractivity contribution in [2.45, 2.75) is 0 Å². The molecule has 4 nitrogen and oxygen atoms in total. The summed E-state index contributed by atoms with van der Waals surface area (Å²) in [4.78, 5) is 6.10. The third-order valence-electron chi connectivity index (χ3n) is 3.99. The second-order valence-corrected chi connectivity index (χ2v) is 7.68. The number of halogens is 3. The lowest BCUT2D eigenvalue weighted by Crippen LogP contribution is -1.93. The summed E-state index contributed by atoms with van der Waals surface area (Å²) in [6.07, 6.45) is 0. The Labute approximate surface area is 168 Å². The number of phenolic OH excluding ortho intramolecular Hbond substituents is 1. The number of nitrogens with zero attached hydrogens (tertiary/aromatic N) is 3. The van der Waals surface area contributed by atoms with E-state index in [9.17, 15) is 9.50 Å². The number of rotatable bonds is 3. The van der Waals surface area contributed by atoms with Crippen molar-refractivity contribution < 1.29 is 9.50 Å². The minimum Gasteiger partial charge on any atom is -0.508 e. The van der Waals surface area contributed by atoms with Gasteiger partial charge < -0.3 is 5.11 Å². The van der Waals surface area contributed by atoms with Crippen LogP contribution in [0.1, 0.15) is 0 Å². The molecule has 0 saturated carbocycles. The maximum atomic E-state index is 14.2. The summed E-state index contributed by atoms with van der Waals surface area (Å²) in [7, 11) is 1.72. The van der Waals surface area contributed by atoms with Crippen molar-refractivity contribution >= 4 is 34.5 Å². The molecule has 2 aromatic carbocycles. The van der Waals surface area contributed by atoms with Gasteiger partial charge in [0.05, 0.1) is 20.5 Å². The van der Waals surface area contributed by atoms with Crippen LogP contribution in [0.4, 0.5) is 4.39 Å². The Bertz CT molecular complexity index is 1120. The Morgan fingerprint density at radius 2 is 1.81 bits per heavy atom. The average molecular weight is 420 g/mol. The fraction of sp³-hybridized carbons (Fsp3) is 0.0526. The molecule has 0 spiro atoms. The Morgan fingerprint density at radius 3 is 2.52 bits per heavy atom. The number of benzene rings is 2. The molecule has 0 fully saturated rings. The van der Waals surface area contributed by atoms with E-state index in [1.54, 1.807) is 29.9 Å². The van der Waals surface area contributed by atoms with E-state index in [-0.39, 0.29) is 22.2 Å². The third-order valence-corrected chi connectivity index (χ3v) is 5.90. The quantitative estimate of drug-likeness (QED) is 0.440. The minimum absolute atomic E-state index is 0.160. The van der Waals surface area contributed by atoms with E-state index in [4.69, 9.17) is 23.2 Å². The Kier molecular flexibility index (Phi) is 4.63. The fourth-order valence-electron chi connectivity index (χ4n) is 2.69. The van der Waals surface area contributed by atoms with Gasteiger partial charge in [-0.25, -0.2) is 14.1 Å². The molecular weight excluding hydrogens is 408 g/mol. The van der Waals surface area contributed by atoms with Crippen LogP contribution in [0.15, 0.2) is 48.5 Å². The van der Waals surface area contributed by atoms with Gasteiger partial charge in [-0.2, -0.15) is 5.10 Å². The highest BCUT2D eigenvalue weighted by Gasteiger charge is 2.20. The Hall–Kier alpha value is -2.41. The lowest BCUT2D eigenvalue weighted by Gasteiger charge is -2.00. The number of aromatic nitrogens is 3. The van der Waals surface area contributed by atoms with Crippen molar-refractivity contribution in [2.75, 3.05) is 0 Å². The number of hydrogen-bond donors (Lipinski definition) is 1. The van der Waals surface area contributed by atoms with Crippen molar-refractivity contribution in [1.29, 1.82) is 0 Å². The van der Waals surface area contributed by atoms with Crippen LogP contribution >= 0.6 is 34.5 Å². The van der Waals surface area contributed by atoms with Gasteiger partial charge in [-0.3, -0.25) is 0 Å². The van der Waals surface area contributed by atoms with Crippen molar-refractivity contribution in [3.05, 3.63) is 64.4 Å². The summed E-state index contributed by atoms with van der Waals surface area (Å²) in [5.41, 5.74) is 1.08. The van der Waals surface area contributed by atoms with Gasteiger partial charge in [0, 0.05) is 11.9 Å². The maximum Gasteiger partial charge on any atom is 0.186 e. The van der Waals surface area contributed by atoms with Gasteiger partial charge in [0.25, 0.3) is 0 Å². The Balaban J connectivity index is 1.79. The first-order chi connectivity index (χ1) is 12.9. The molecule has 0 aliphatic rings. The van der Waals surface area contributed by atoms with E-state index in [0.29, 0.717) is 15.7 Å². The van der Waals surface area contributed by atoms with Crippen molar-refractivity contribution in [3.63, 3.8) is 0 Å². The molecule has 27 heavy (non-hydrogen) atoms. The number of hydrogen-bond acceptors (Lipinski definition) is 4. The van der Waals surface area contributed by atoms with Crippen molar-refractivity contribution in [1.82, 2.24) is 14.8 Å². The van der Waals surface area contributed by atoms with Crippen LogP contribution < -0.4 is 0 Å². The van der Waals surface area contributed by atoms with Crippen LogP contribution in [0.2, 0.25) is 10.0 Å². The predicted octanol–water partition coefficient (Wildman–Crippen LogP) is 6.03. The van der Waals surface area contributed by atoms with E-state index >= 15 is 0 Å². The van der Waals surface area contributed by atoms with Gasteiger partial charge in [-0.05, 0) is 48.0 Å². The first-order valence-corrected chi connectivity index (χ1v) is 9.46. The first-order valence-electron chi connectivity index (χ1n) is 7.88. The monoisotopic (exact) mass is 419 g/mol. The van der Waals surface area contributed by atoms with E-state index in [2.05, 4.69) is 10.1 Å². The summed E-state index contributed by atoms with van der Waals surface area (Å²) >= 11 is 14.0. The molecule has 2 heterocycles. The summed E-state index contributed by atoms with van der Waals surface area (Å²) < 4.78 is 15.8. The first kappa shape index (κ1) is 18.0. The second kappa shape index (κ2) is 6.96. The molecule has 136 valence electrons. The van der Waals surface area contributed by atoms with Crippen molar-refractivity contribution in [2.24, 2.45) is 7.05 Å². The molecule has 0 unspecified atom stereocenters. The Morgan fingerprint density at radius 1 is 1.07 bits per heavy atom. The minimum atomic E-state index is -0.485. The smallest absolute Gasteiger partial charge is 0.186 e. The standard InChI is InChI=1S/C19H12Cl2FN3OS/c1-25-19(23-18(24-25)16-12(20)3-2-4-14(16)22)17-13(21)9-15(27-17)10-5-7-11(26)8-6-10/h2-9,26H,1H3. The average Bonchev–Trinajstić information content (AvgIpc) is 3.18. The van der Waals surface area contributed by atoms with Gasteiger partial charge in [-0.15, -0.1) is 11.3 Å². The van der Waals surface area contributed by atoms with Crippen LogP contribution in [-0.4, -0.2) is 19.9 Å². The molecule has 0 radical (unpaired) electrons. The third kappa shape index (κ3) is 3.32. The fourth-order valence-corrected chi connectivity index (χ4v) is 4.39. The zero-order valence-corrected chi connectivity index (χ0v) is 16.3. The summed E-state index contributed by atoms with van der Waals surface area (Å²) in [5, 5.41) is 14.5. The van der Waals surface area contributed by atoms with Gasteiger partial charge >= 0.3 is 0 Å².